The highest BCUT2D eigenvalue weighted by Crippen LogP contribution is 2.90. The lowest BCUT2D eigenvalue weighted by molar-refractivity contribution is -0.157. The summed E-state index contributed by atoms with van der Waals surface area (Å²) in [5.74, 6) is 1.78. The molecule has 6 atom stereocenters. The molecule has 0 aromatic carbocycles. The smallest absolute Gasteiger partial charge is 0.313 e. The number of ether oxygens (including phenoxy) is 1. The van der Waals surface area contributed by atoms with Gasteiger partial charge in [0.2, 0.25) is 0 Å². The van der Waals surface area contributed by atoms with Crippen LogP contribution in [-0.4, -0.2) is 12.1 Å². The average molecular weight is 225 g/mol. The van der Waals surface area contributed by atoms with Crippen molar-refractivity contribution in [3.8, 4) is 0 Å². The first-order valence-electron chi connectivity index (χ1n) is 5.58. The van der Waals surface area contributed by atoms with E-state index < -0.39 is 0 Å². The van der Waals surface area contributed by atoms with E-state index in [-0.39, 0.29) is 22.9 Å². The Kier molecular flexibility index (Phi) is 1.15. The third-order valence-electron chi connectivity index (χ3n) is 5.72. The fourth-order valence-corrected chi connectivity index (χ4v) is 5.43. The molecule has 0 unspecified atom stereocenters. The highest BCUT2D eigenvalue weighted by molar-refractivity contribution is 6.29. The zero-order chi connectivity index (χ0) is 10.6. The number of hydrogen-bond acceptors (Lipinski definition) is 2. The summed E-state index contributed by atoms with van der Waals surface area (Å²) in [6.45, 7) is 6.01. The van der Waals surface area contributed by atoms with Crippen molar-refractivity contribution >= 4 is 17.6 Å². The second-order valence-electron chi connectivity index (χ2n) is 5.79. The van der Waals surface area contributed by atoms with Crippen LogP contribution in [0.5, 0.6) is 0 Å². The van der Waals surface area contributed by atoms with Gasteiger partial charge in [-0.05, 0) is 24.2 Å². The van der Waals surface area contributed by atoms with E-state index >= 15 is 0 Å². The summed E-state index contributed by atoms with van der Waals surface area (Å²) in [6, 6.07) is 0. The van der Waals surface area contributed by atoms with Crippen molar-refractivity contribution in [3.05, 3.63) is 11.6 Å². The van der Waals surface area contributed by atoms with Crippen molar-refractivity contribution in [2.24, 2.45) is 28.6 Å². The molecule has 3 heteroatoms. The van der Waals surface area contributed by atoms with E-state index in [1.165, 1.54) is 6.42 Å². The molecule has 6 bridgehead atoms. The summed E-state index contributed by atoms with van der Waals surface area (Å²) < 4.78 is 5.50. The number of allylic oxidation sites excluding steroid dienone is 1. The normalized spacial score (nSPS) is 62.1. The first-order valence-corrected chi connectivity index (χ1v) is 5.95. The van der Waals surface area contributed by atoms with E-state index in [0.29, 0.717) is 23.3 Å². The van der Waals surface area contributed by atoms with Crippen LogP contribution in [0.2, 0.25) is 0 Å². The molecule has 1 saturated heterocycles. The van der Waals surface area contributed by atoms with Gasteiger partial charge in [-0.25, -0.2) is 0 Å². The van der Waals surface area contributed by atoms with Gasteiger partial charge >= 0.3 is 5.97 Å². The molecule has 0 spiro atoms. The second kappa shape index (κ2) is 2.00. The van der Waals surface area contributed by atoms with E-state index in [1.807, 2.05) is 0 Å². The first-order chi connectivity index (χ1) is 7.03. The summed E-state index contributed by atoms with van der Waals surface area (Å²) in [7, 11) is 0. The largest absolute Gasteiger partial charge is 0.461 e. The van der Waals surface area contributed by atoms with Crippen LogP contribution in [0.1, 0.15) is 19.8 Å². The minimum absolute atomic E-state index is 0.00181. The first kappa shape index (κ1) is 8.63. The Bertz CT molecular complexity index is 418. The average Bonchev–Trinajstić information content (AvgIpc) is 2.47. The predicted octanol–water partition coefficient (Wildman–Crippen LogP) is 2.33. The lowest BCUT2D eigenvalue weighted by Gasteiger charge is -2.31. The van der Waals surface area contributed by atoms with Gasteiger partial charge < -0.3 is 4.74 Å². The molecule has 0 amide bonds. The molecule has 0 aromatic heterocycles. The van der Waals surface area contributed by atoms with Crippen molar-refractivity contribution in [1.82, 2.24) is 0 Å². The molecular formula is C12H13ClO2. The molecule has 1 heterocycles. The Morgan fingerprint density at radius 3 is 2.93 bits per heavy atom. The maximum absolute atomic E-state index is 12.1. The number of rotatable bonds is 2. The molecule has 0 aromatic rings. The van der Waals surface area contributed by atoms with Crippen LogP contribution in [0, 0.1) is 28.6 Å². The zero-order valence-corrected chi connectivity index (χ0v) is 9.38. The van der Waals surface area contributed by atoms with Gasteiger partial charge in [-0.3, -0.25) is 4.79 Å². The van der Waals surface area contributed by atoms with Crippen LogP contribution in [-0.2, 0) is 9.53 Å². The van der Waals surface area contributed by atoms with Gasteiger partial charge in [0.05, 0.1) is 5.41 Å². The molecule has 0 radical (unpaired) electrons. The topological polar surface area (TPSA) is 26.3 Å². The molecular weight excluding hydrogens is 212 g/mol. The lowest BCUT2D eigenvalue weighted by atomic mass is 9.70. The van der Waals surface area contributed by atoms with Gasteiger partial charge in [0, 0.05) is 16.9 Å². The molecule has 5 rings (SSSR count). The van der Waals surface area contributed by atoms with E-state index in [1.54, 1.807) is 0 Å². The number of carbonyl (C=O) groups is 1. The minimum Gasteiger partial charge on any atom is -0.461 e. The van der Waals surface area contributed by atoms with Gasteiger partial charge in [-0.2, -0.15) is 0 Å². The fourth-order valence-electron chi connectivity index (χ4n) is 5.22. The highest BCUT2D eigenvalue weighted by Gasteiger charge is 2.93. The third-order valence-corrected chi connectivity index (χ3v) is 5.85. The Morgan fingerprint density at radius 2 is 2.40 bits per heavy atom. The molecule has 5 fully saturated rings. The van der Waals surface area contributed by atoms with Crippen LogP contribution >= 0.6 is 11.6 Å². The van der Waals surface area contributed by atoms with E-state index in [0.717, 1.165) is 5.92 Å². The summed E-state index contributed by atoms with van der Waals surface area (Å²) in [5.41, 5.74) is -0.110. The van der Waals surface area contributed by atoms with Gasteiger partial charge in [0.15, 0.2) is 0 Å². The van der Waals surface area contributed by atoms with Crippen molar-refractivity contribution in [2.45, 2.75) is 25.9 Å². The molecule has 4 saturated carbocycles. The Hall–Kier alpha value is -0.500. The highest BCUT2D eigenvalue weighted by atomic mass is 35.5. The summed E-state index contributed by atoms with van der Waals surface area (Å²) in [6.07, 6.45) is 2.00. The van der Waals surface area contributed by atoms with Crippen LogP contribution in [0.4, 0.5) is 0 Å². The van der Waals surface area contributed by atoms with Gasteiger partial charge in [0.25, 0.3) is 0 Å². The lowest BCUT2D eigenvalue weighted by Crippen LogP contribution is -2.37. The zero-order valence-electron chi connectivity index (χ0n) is 8.63. The van der Waals surface area contributed by atoms with Crippen molar-refractivity contribution < 1.29 is 9.53 Å². The molecule has 80 valence electrons. The molecule has 4 aliphatic carbocycles. The van der Waals surface area contributed by atoms with Crippen LogP contribution in [0.3, 0.4) is 0 Å². The molecule has 5 aliphatic rings. The van der Waals surface area contributed by atoms with E-state index in [9.17, 15) is 4.79 Å². The SMILES string of the molecule is C=C(Cl)C[C@]12C(=O)O[C@H]3[C@@H]4[C@H](C[C@H]31)[C@@]42C. The maximum Gasteiger partial charge on any atom is 0.313 e. The number of halogens is 1. The fraction of sp³-hybridized carbons (Fsp3) is 0.750. The molecule has 15 heavy (non-hydrogen) atoms. The van der Waals surface area contributed by atoms with Crippen LogP contribution < -0.4 is 0 Å². The van der Waals surface area contributed by atoms with Crippen LogP contribution in [0.15, 0.2) is 11.6 Å². The van der Waals surface area contributed by atoms with Crippen LogP contribution in [0.25, 0.3) is 0 Å². The minimum atomic E-state index is -0.300. The Labute approximate surface area is 93.6 Å². The summed E-state index contributed by atoms with van der Waals surface area (Å²) in [4.78, 5) is 12.1. The monoisotopic (exact) mass is 224 g/mol. The molecule has 2 nitrogen and oxygen atoms in total. The van der Waals surface area contributed by atoms with Gasteiger partial charge in [-0.15, -0.1) is 0 Å². The summed E-state index contributed by atoms with van der Waals surface area (Å²) in [5, 5.41) is 0.604. The number of hydrogen-bond donors (Lipinski definition) is 0. The van der Waals surface area contributed by atoms with Gasteiger partial charge in [-0.1, -0.05) is 25.1 Å². The van der Waals surface area contributed by atoms with E-state index in [4.69, 9.17) is 16.3 Å². The standard InChI is InChI=1S/C12H13ClO2/c1-5(13)4-12-7-3-6-8(11(6,12)2)9(7)15-10(12)14/h6-9H,1,3-4H2,2H3/t6-,7+,8-,9+,11-,12+/m0/s1. The van der Waals surface area contributed by atoms with Crippen molar-refractivity contribution in [1.29, 1.82) is 0 Å². The van der Waals surface area contributed by atoms with Crippen molar-refractivity contribution in [2.75, 3.05) is 0 Å². The predicted molar refractivity (Wildman–Crippen MR) is 55.1 cm³/mol. The number of carbonyl (C=O) groups excluding carboxylic acids is 1. The molecule has 1 aliphatic heterocycles. The van der Waals surface area contributed by atoms with Gasteiger partial charge in [0.1, 0.15) is 6.10 Å². The second-order valence-corrected chi connectivity index (χ2v) is 6.33. The Balaban J connectivity index is 1.89. The van der Waals surface area contributed by atoms with Crippen molar-refractivity contribution in [3.63, 3.8) is 0 Å². The summed E-state index contributed by atoms with van der Waals surface area (Å²) >= 11 is 5.94. The third kappa shape index (κ3) is 0.580. The molecule has 0 N–H and O–H groups in total. The number of esters is 1. The quantitative estimate of drug-likeness (QED) is 0.673. The maximum atomic E-state index is 12.1. The Morgan fingerprint density at radius 1 is 1.67 bits per heavy atom. The van der Waals surface area contributed by atoms with E-state index in [2.05, 4.69) is 13.5 Å².